The predicted molar refractivity (Wildman–Crippen MR) is 68.5 cm³/mol. The van der Waals surface area contributed by atoms with Gasteiger partial charge in [-0.25, -0.2) is 4.98 Å². The van der Waals surface area contributed by atoms with Crippen LogP contribution in [-0.4, -0.2) is 10.9 Å². The third-order valence-corrected chi connectivity index (χ3v) is 2.33. The minimum Gasteiger partial charge on any atom is -0.310 e. The second kappa shape index (κ2) is 5.60. The highest BCUT2D eigenvalue weighted by molar-refractivity contribution is 5.91. The Balaban J connectivity index is 2.21. The molecule has 0 saturated heterocycles. The summed E-state index contributed by atoms with van der Waals surface area (Å²) in [6, 6.07) is 16.9. The van der Waals surface area contributed by atoms with Gasteiger partial charge in [-0.15, -0.1) is 0 Å². The van der Waals surface area contributed by atoms with Gasteiger partial charge in [-0.2, -0.15) is 5.26 Å². The fourth-order valence-corrected chi connectivity index (χ4v) is 1.53. The molecule has 0 atom stereocenters. The van der Waals surface area contributed by atoms with E-state index < -0.39 is 0 Å². The molecule has 1 heterocycles. The Hall–Kier alpha value is -2.67. The number of rotatable bonds is 3. The van der Waals surface area contributed by atoms with Crippen molar-refractivity contribution in [2.24, 2.45) is 0 Å². The van der Waals surface area contributed by atoms with Gasteiger partial charge in [0.15, 0.2) is 0 Å². The largest absolute Gasteiger partial charge is 0.310 e. The normalized spacial score (nSPS) is 9.50. The van der Waals surface area contributed by atoms with E-state index in [1.54, 1.807) is 12.1 Å². The lowest BCUT2D eigenvalue weighted by Gasteiger charge is -2.05. The standard InChI is InChI=1S/C14H11N3O/c15-10-9-14(18)17-13-8-4-7-12(16-13)11-5-2-1-3-6-11/h1-8H,9H2,(H,16,17,18). The van der Waals surface area contributed by atoms with Gasteiger partial charge in [0.1, 0.15) is 12.2 Å². The van der Waals surface area contributed by atoms with Crippen molar-refractivity contribution in [3.05, 3.63) is 48.5 Å². The summed E-state index contributed by atoms with van der Waals surface area (Å²) in [7, 11) is 0. The molecule has 4 nitrogen and oxygen atoms in total. The van der Waals surface area contributed by atoms with Crippen LogP contribution in [0.1, 0.15) is 6.42 Å². The van der Waals surface area contributed by atoms with Crippen molar-refractivity contribution in [1.29, 1.82) is 5.26 Å². The maximum atomic E-state index is 11.3. The van der Waals surface area contributed by atoms with Crippen molar-refractivity contribution in [3.8, 4) is 17.3 Å². The van der Waals surface area contributed by atoms with Gasteiger partial charge in [0.25, 0.3) is 0 Å². The third-order valence-electron chi connectivity index (χ3n) is 2.33. The summed E-state index contributed by atoms with van der Waals surface area (Å²) in [6.07, 6.45) is -0.169. The molecule has 1 aromatic carbocycles. The highest BCUT2D eigenvalue weighted by Crippen LogP contribution is 2.18. The van der Waals surface area contributed by atoms with E-state index in [4.69, 9.17) is 5.26 Å². The van der Waals surface area contributed by atoms with Crippen molar-refractivity contribution < 1.29 is 4.79 Å². The van der Waals surface area contributed by atoms with E-state index in [-0.39, 0.29) is 12.3 Å². The minimum absolute atomic E-state index is 0.169. The number of hydrogen-bond donors (Lipinski definition) is 1. The summed E-state index contributed by atoms with van der Waals surface area (Å²) in [5.74, 6) is 0.104. The first kappa shape index (κ1) is 11.8. The number of nitriles is 1. The van der Waals surface area contributed by atoms with Gasteiger partial charge in [-0.05, 0) is 12.1 Å². The molecule has 1 N–H and O–H groups in total. The van der Waals surface area contributed by atoms with E-state index >= 15 is 0 Å². The molecular formula is C14H11N3O. The molecule has 4 heteroatoms. The Morgan fingerprint density at radius 2 is 1.94 bits per heavy atom. The quantitative estimate of drug-likeness (QED) is 0.892. The zero-order valence-electron chi connectivity index (χ0n) is 9.63. The smallest absolute Gasteiger partial charge is 0.239 e. The summed E-state index contributed by atoms with van der Waals surface area (Å²) in [5, 5.41) is 11.0. The molecule has 0 fully saturated rings. The molecule has 2 rings (SSSR count). The Labute approximate surface area is 105 Å². The van der Waals surface area contributed by atoms with Crippen LogP contribution in [0.2, 0.25) is 0 Å². The lowest BCUT2D eigenvalue weighted by molar-refractivity contribution is -0.115. The maximum Gasteiger partial charge on any atom is 0.239 e. The van der Waals surface area contributed by atoms with Crippen molar-refractivity contribution in [1.82, 2.24) is 4.98 Å². The van der Waals surface area contributed by atoms with Crippen LogP contribution < -0.4 is 5.32 Å². The molecule has 1 amide bonds. The molecule has 0 aliphatic rings. The van der Waals surface area contributed by atoms with Crippen molar-refractivity contribution >= 4 is 11.7 Å². The number of benzene rings is 1. The number of pyridine rings is 1. The molecule has 0 radical (unpaired) electrons. The van der Waals surface area contributed by atoms with Crippen LogP contribution in [0.25, 0.3) is 11.3 Å². The summed E-state index contributed by atoms with van der Waals surface area (Å²) in [5.41, 5.74) is 1.76. The SMILES string of the molecule is N#CCC(=O)Nc1cccc(-c2ccccc2)n1. The molecular weight excluding hydrogens is 226 g/mol. The molecule has 0 unspecified atom stereocenters. The Kier molecular flexibility index (Phi) is 3.67. The lowest BCUT2D eigenvalue weighted by atomic mass is 10.1. The summed E-state index contributed by atoms with van der Waals surface area (Å²) >= 11 is 0. The number of anilines is 1. The van der Waals surface area contributed by atoms with Crippen LogP contribution in [0.3, 0.4) is 0 Å². The second-order valence-electron chi connectivity index (χ2n) is 3.66. The predicted octanol–water partition coefficient (Wildman–Crippen LogP) is 2.60. The first-order valence-corrected chi connectivity index (χ1v) is 5.49. The lowest BCUT2D eigenvalue weighted by Crippen LogP contribution is -2.11. The molecule has 2 aromatic rings. The van der Waals surface area contributed by atoms with E-state index in [1.807, 2.05) is 42.5 Å². The number of carbonyl (C=O) groups excluding carboxylic acids is 1. The van der Waals surface area contributed by atoms with Gasteiger partial charge in [0, 0.05) is 5.56 Å². The Morgan fingerprint density at radius 3 is 2.67 bits per heavy atom. The molecule has 0 aliphatic heterocycles. The zero-order chi connectivity index (χ0) is 12.8. The summed E-state index contributed by atoms with van der Waals surface area (Å²) in [4.78, 5) is 15.6. The van der Waals surface area contributed by atoms with Crippen LogP contribution in [0.15, 0.2) is 48.5 Å². The summed E-state index contributed by atoms with van der Waals surface area (Å²) in [6.45, 7) is 0. The Bertz CT molecular complexity index is 587. The topological polar surface area (TPSA) is 65.8 Å². The highest BCUT2D eigenvalue weighted by Gasteiger charge is 2.04. The Morgan fingerprint density at radius 1 is 1.17 bits per heavy atom. The van der Waals surface area contributed by atoms with Crippen LogP contribution in [0.5, 0.6) is 0 Å². The van der Waals surface area contributed by atoms with E-state index in [2.05, 4.69) is 10.3 Å². The monoisotopic (exact) mass is 237 g/mol. The second-order valence-corrected chi connectivity index (χ2v) is 3.66. The molecule has 0 bridgehead atoms. The average molecular weight is 237 g/mol. The molecule has 0 spiro atoms. The van der Waals surface area contributed by atoms with Gasteiger partial charge in [-0.1, -0.05) is 36.4 Å². The summed E-state index contributed by atoms with van der Waals surface area (Å²) < 4.78 is 0. The fourth-order valence-electron chi connectivity index (χ4n) is 1.53. The number of carbonyl (C=O) groups is 1. The van der Waals surface area contributed by atoms with Crippen molar-refractivity contribution in [3.63, 3.8) is 0 Å². The maximum absolute atomic E-state index is 11.3. The number of nitrogens with one attached hydrogen (secondary N) is 1. The minimum atomic E-state index is -0.352. The zero-order valence-corrected chi connectivity index (χ0v) is 9.63. The molecule has 0 saturated carbocycles. The van der Waals surface area contributed by atoms with Crippen LogP contribution in [0.4, 0.5) is 5.82 Å². The van der Waals surface area contributed by atoms with Gasteiger partial charge >= 0.3 is 0 Å². The van der Waals surface area contributed by atoms with E-state index in [9.17, 15) is 4.79 Å². The van der Waals surface area contributed by atoms with Gasteiger partial charge in [0.2, 0.25) is 5.91 Å². The number of nitrogens with zero attached hydrogens (tertiary/aromatic N) is 2. The van der Waals surface area contributed by atoms with Crippen LogP contribution >= 0.6 is 0 Å². The third kappa shape index (κ3) is 2.92. The van der Waals surface area contributed by atoms with Crippen LogP contribution in [0, 0.1) is 11.3 Å². The number of hydrogen-bond acceptors (Lipinski definition) is 3. The molecule has 88 valence electrons. The molecule has 0 aliphatic carbocycles. The van der Waals surface area contributed by atoms with Gasteiger partial charge < -0.3 is 5.32 Å². The van der Waals surface area contributed by atoms with E-state index in [0.717, 1.165) is 11.3 Å². The molecule has 1 aromatic heterocycles. The van der Waals surface area contributed by atoms with Gasteiger partial charge in [0.05, 0.1) is 11.8 Å². The average Bonchev–Trinajstić information content (AvgIpc) is 2.40. The first-order chi connectivity index (χ1) is 8.79. The molecule has 18 heavy (non-hydrogen) atoms. The fraction of sp³-hybridized carbons (Fsp3) is 0.0714. The van der Waals surface area contributed by atoms with Crippen LogP contribution in [-0.2, 0) is 4.79 Å². The first-order valence-electron chi connectivity index (χ1n) is 5.49. The van der Waals surface area contributed by atoms with E-state index in [0.29, 0.717) is 5.82 Å². The van der Waals surface area contributed by atoms with Crippen molar-refractivity contribution in [2.75, 3.05) is 5.32 Å². The number of amides is 1. The van der Waals surface area contributed by atoms with E-state index in [1.165, 1.54) is 0 Å². The van der Waals surface area contributed by atoms with Gasteiger partial charge in [-0.3, -0.25) is 4.79 Å². The number of aromatic nitrogens is 1. The highest BCUT2D eigenvalue weighted by atomic mass is 16.1. The van der Waals surface area contributed by atoms with Crippen molar-refractivity contribution in [2.45, 2.75) is 6.42 Å².